The van der Waals surface area contributed by atoms with Crippen molar-refractivity contribution in [3.8, 4) is 5.69 Å². The van der Waals surface area contributed by atoms with Gasteiger partial charge in [0.2, 0.25) is 5.91 Å². The van der Waals surface area contributed by atoms with Gasteiger partial charge in [0.25, 0.3) is 0 Å². The lowest BCUT2D eigenvalue weighted by atomic mass is 10.0. The van der Waals surface area contributed by atoms with Gasteiger partial charge in [0.15, 0.2) is 5.65 Å². The van der Waals surface area contributed by atoms with Crippen molar-refractivity contribution in [2.24, 2.45) is 0 Å². The van der Waals surface area contributed by atoms with Gasteiger partial charge >= 0.3 is 5.69 Å². The zero-order valence-electron chi connectivity index (χ0n) is 24.0. The molecule has 3 aromatic heterocycles. The van der Waals surface area contributed by atoms with Gasteiger partial charge in [-0.15, -0.1) is 0 Å². The third kappa shape index (κ3) is 5.56. The Morgan fingerprint density at radius 2 is 1.80 bits per heavy atom. The highest BCUT2D eigenvalue weighted by Crippen LogP contribution is 2.36. The van der Waals surface area contributed by atoms with Crippen molar-refractivity contribution in [2.45, 2.75) is 79.3 Å². The summed E-state index contributed by atoms with van der Waals surface area (Å²) in [4.78, 5) is 47.1. The summed E-state index contributed by atoms with van der Waals surface area (Å²) < 4.78 is 1.62. The first-order valence-electron chi connectivity index (χ1n) is 14.2. The maximum atomic E-state index is 14.0. The molecule has 0 aromatic carbocycles. The number of piperazine rings is 1. The molecular formula is C31H42ClN7O2. The predicted octanol–water partition coefficient (Wildman–Crippen LogP) is 5.50. The number of fused-ring (bicyclic) bond motifs is 1. The summed E-state index contributed by atoms with van der Waals surface area (Å²) in [7, 11) is 0. The van der Waals surface area contributed by atoms with E-state index >= 15 is 0 Å². The molecule has 0 saturated carbocycles. The van der Waals surface area contributed by atoms with E-state index in [1.54, 1.807) is 10.8 Å². The van der Waals surface area contributed by atoms with E-state index in [4.69, 9.17) is 16.6 Å². The SMILES string of the molecule is C.C=CC(=O)N1C[C@H](C)N(c2nc(=O)n(-c3c(C)ccnc3C(C)C)c3nc(N4CCCCC4)c(Cl)cc23)C[C@H]1C. The van der Waals surface area contributed by atoms with Crippen molar-refractivity contribution in [1.82, 2.24) is 24.4 Å². The number of pyridine rings is 2. The van der Waals surface area contributed by atoms with Gasteiger partial charge in [-0.1, -0.05) is 39.5 Å². The number of piperidine rings is 1. The molecule has 41 heavy (non-hydrogen) atoms. The molecule has 0 unspecified atom stereocenters. The number of carbonyl (C=O) groups excluding carboxylic acids is 1. The van der Waals surface area contributed by atoms with E-state index in [-0.39, 0.29) is 31.3 Å². The Morgan fingerprint density at radius 3 is 2.46 bits per heavy atom. The number of halogens is 1. The number of anilines is 2. The van der Waals surface area contributed by atoms with Gasteiger partial charge in [0.05, 0.1) is 21.8 Å². The van der Waals surface area contributed by atoms with Crippen LogP contribution >= 0.6 is 11.6 Å². The van der Waals surface area contributed by atoms with Crippen LogP contribution in [0.15, 0.2) is 35.8 Å². The average molecular weight is 580 g/mol. The average Bonchev–Trinajstić information content (AvgIpc) is 2.94. The topological polar surface area (TPSA) is 87.5 Å². The number of rotatable bonds is 5. The summed E-state index contributed by atoms with van der Waals surface area (Å²) in [5, 5.41) is 1.24. The van der Waals surface area contributed by atoms with E-state index in [2.05, 4.69) is 40.2 Å². The van der Waals surface area contributed by atoms with Crippen LogP contribution in [0, 0.1) is 6.92 Å². The third-order valence-electron chi connectivity index (χ3n) is 8.08. The minimum atomic E-state index is -0.413. The first-order valence-corrected chi connectivity index (χ1v) is 14.5. The molecule has 9 nitrogen and oxygen atoms in total. The number of hydrogen-bond donors (Lipinski definition) is 0. The van der Waals surface area contributed by atoms with E-state index in [0.717, 1.165) is 37.2 Å². The molecule has 0 radical (unpaired) electrons. The first-order chi connectivity index (χ1) is 19.1. The normalized spacial score (nSPS) is 19.4. The second-order valence-corrected chi connectivity index (χ2v) is 11.7. The lowest BCUT2D eigenvalue weighted by molar-refractivity contribution is -0.128. The maximum absolute atomic E-state index is 14.0. The molecule has 0 bridgehead atoms. The molecule has 2 fully saturated rings. The first kappa shape index (κ1) is 30.5. The second kappa shape index (κ2) is 12.2. The van der Waals surface area contributed by atoms with Crippen LogP contribution < -0.4 is 15.5 Å². The Balaban J connectivity index is 0.00000387. The van der Waals surface area contributed by atoms with Crippen LogP contribution in [0.4, 0.5) is 11.6 Å². The third-order valence-corrected chi connectivity index (χ3v) is 8.36. The van der Waals surface area contributed by atoms with Crippen molar-refractivity contribution >= 4 is 40.2 Å². The van der Waals surface area contributed by atoms with Crippen LogP contribution in [0.5, 0.6) is 0 Å². The quantitative estimate of drug-likeness (QED) is 0.369. The van der Waals surface area contributed by atoms with Crippen LogP contribution in [-0.2, 0) is 4.79 Å². The summed E-state index contributed by atoms with van der Waals surface area (Å²) in [6.45, 7) is 16.6. The Hall–Kier alpha value is -3.46. The standard InChI is InChI=1S/C30H38ClN7O2.CH4/c1-7-24(39)36-16-21(6)37(17-20(36)5)27-22-15-23(31)29(35-13-9-8-10-14-35)33-28(22)38(30(40)34-27)26-19(4)11-12-32-25(26)18(2)3;/h7,11-12,15,18,20-21H,1,8-10,13-14,16-17H2,2-6H3;1H4/t20-,21+;/m1./s1. The number of aromatic nitrogens is 4. The molecule has 2 aliphatic rings. The smallest absolute Gasteiger partial charge is 0.355 e. The number of hydrogen-bond acceptors (Lipinski definition) is 7. The predicted molar refractivity (Wildman–Crippen MR) is 168 cm³/mol. The van der Waals surface area contributed by atoms with E-state index in [0.29, 0.717) is 46.5 Å². The summed E-state index contributed by atoms with van der Waals surface area (Å²) in [6, 6.07) is 3.64. The molecule has 5 rings (SSSR count). The van der Waals surface area contributed by atoms with E-state index in [1.807, 2.05) is 37.8 Å². The number of carbonyl (C=O) groups is 1. The molecule has 5 heterocycles. The van der Waals surface area contributed by atoms with Gasteiger partial charge < -0.3 is 14.7 Å². The second-order valence-electron chi connectivity index (χ2n) is 11.3. The highest BCUT2D eigenvalue weighted by molar-refractivity contribution is 6.33. The fourth-order valence-electron chi connectivity index (χ4n) is 5.97. The summed E-state index contributed by atoms with van der Waals surface area (Å²) in [6.07, 6.45) is 6.46. The summed E-state index contributed by atoms with van der Waals surface area (Å²) in [5.41, 5.74) is 2.56. The van der Waals surface area contributed by atoms with Crippen molar-refractivity contribution in [2.75, 3.05) is 36.0 Å². The van der Waals surface area contributed by atoms with E-state index in [1.165, 1.54) is 12.5 Å². The van der Waals surface area contributed by atoms with Crippen LogP contribution in [0.25, 0.3) is 16.7 Å². The molecule has 2 atom stereocenters. The highest BCUT2D eigenvalue weighted by Gasteiger charge is 2.34. The van der Waals surface area contributed by atoms with Gasteiger partial charge in [0.1, 0.15) is 11.6 Å². The van der Waals surface area contributed by atoms with Crippen molar-refractivity contribution in [3.05, 3.63) is 57.7 Å². The minimum Gasteiger partial charge on any atom is -0.355 e. The van der Waals surface area contributed by atoms with Crippen LogP contribution in [0.3, 0.4) is 0 Å². The van der Waals surface area contributed by atoms with Gasteiger partial charge in [-0.3, -0.25) is 9.78 Å². The molecular weight excluding hydrogens is 538 g/mol. The lowest BCUT2D eigenvalue weighted by Gasteiger charge is -2.44. The number of aryl methyl sites for hydroxylation is 1. The maximum Gasteiger partial charge on any atom is 0.355 e. The molecule has 2 saturated heterocycles. The number of nitrogens with zero attached hydrogens (tertiary/aromatic N) is 7. The molecule has 3 aromatic rings. The van der Waals surface area contributed by atoms with Gasteiger partial charge in [0, 0.05) is 44.5 Å². The lowest BCUT2D eigenvalue weighted by Crippen LogP contribution is -2.58. The van der Waals surface area contributed by atoms with Gasteiger partial charge in [-0.25, -0.2) is 14.3 Å². The zero-order valence-corrected chi connectivity index (χ0v) is 24.8. The Bertz CT molecular complexity index is 1510. The molecule has 1 amide bonds. The van der Waals surface area contributed by atoms with Crippen molar-refractivity contribution in [1.29, 1.82) is 0 Å². The Morgan fingerprint density at radius 1 is 1.10 bits per heavy atom. The van der Waals surface area contributed by atoms with Gasteiger partial charge in [-0.2, -0.15) is 4.98 Å². The van der Waals surface area contributed by atoms with Crippen LogP contribution in [-0.4, -0.2) is 68.6 Å². The highest BCUT2D eigenvalue weighted by atomic mass is 35.5. The molecule has 0 spiro atoms. The summed E-state index contributed by atoms with van der Waals surface area (Å²) in [5.74, 6) is 1.21. The molecule has 2 aliphatic heterocycles. The van der Waals surface area contributed by atoms with Crippen molar-refractivity contribution < 1.29 is 4.79 Å². The van der Waals surface area contributed by atoms with Gasteiger partial charge in [-0.05, 0) is 69.7 Å². The van der Waals surface area contributed by atoms with Crippen LogP contribution in [0.2, 0.25) is 5.02 Å². The molecule has 0 aliphatic carbocycles. The molecule has 10 heteroatoms. The Kier molecular flexibility index (Phi) is 9.07. The largest absolute Gasteiger partial charge is 0.355 e. The molecule has 0 N–H and O–H groups in total. The Labute approximate surface area is 247 Å². The van der Waals surface area contributed by atoms with E-state index in [9.17, 15) is 9.59 Å². The fourth-order valence-corrected chi connectivity index (χ4v) is 6.25. The molecule has 220 valence electrons. The number of amides is 1. The van der Waals surface area contributed by atoms with E-state index < -0.39 is 5.69 Å². The monoisotopic (exact) mass is 579 g/mol. The minimum absolute atomic E-state index is 0. The summed E-state index contributed by atoms with van der Waals surface area (Å²) >= 11 is 6.93. The zero-order chi connectivity index (χ0) is 28.7. The van der Waals surface area contributed by atoms with Crippen molar-refractivity contribution in [3.63, 3.8) is 0 Å². The fraction of sp³-hybridized carbons (Fsp3) is 0.516. The van der Waals surface area contributed by atoms with Crippen LogP contribution in [0.1, 0.15) is 71.6 Å².